The number of alkyl halides is 3. The molecule has 28 heavy (non-hydrogen) atoms. The summed E-state index contributed by atoms with van der Waals surface area (Å²) in [6.45, 7) is 5.09. The number of aromatic nitrogens is 3. The predicted octanol–water partition coefficient (Wildman–Crippen LogP) is 4.61. The second-order valence-corrected chi connectivity index (χ2v) is 8.94. The molecule has 10 heteroatoms. The van der Waals surface area contributed by atoms with Crippen molar-refractivity contribution in [3.05, 3.63) is 65.1 Å². The minimum atomic E-state index is -4.46. The maximum atomic E-state index is 12.9. The highest BCUT2D eigenvalue weighted by molar-refractivity contribution is 7.99. The molecule has 0 aliphatic carbocycles. The first kappa shape index (κ1) is 20.4. The summed E-state index contributed by atoms with van der Waals surface area (Å²) in [5.74, 6) is 0. The number of aryl methyl sites for hydroxylation is 2. The van der Waals surface area contributed by atoms with Crippen LogP contribution in [0.5, 0.6) is 0 Å². The van der Waals surface area contributed by atoms with E-state index in [9.17, 15) is 21.6 Å². The highest BCUT2D eigenvalue weighted by atomic mass is 32.2. The first-order chi connectivity index (χ1) is 13.0. The average molecular weight is 427 g/mol. The summed E-state index contributed by atoms with van der Waals surface area (Å²) in [5, 5.41) is 4.45. The van der Waals surface area contributed by atoms with Crippen LogP contribution in [0.1, 0.15) is 22.5 Å². The highest BCUT2D eigenvalue weighted by Crippen LogP contribution is 2.35. The molecule has 2 aromatic heterocycles. The summed E-state index contributed by atoms with van der Waals surface area (Å²) >= 11 is 1.07. The molecule has 3 rings (SSSR count). The number of rotatable bonds is 4. The SMILES string of the molecule is Cc1ccc(S(=O)(=O)n2nc(C)c(Sc3ccc(C(F)(F)F)cn3)c2C)cc1. The predicted molar refractivity (Wildman–Crippen MR) is 98.8 cm³/mol. The second-order valence-electron chi connectivity index (χ2n) is 6.15. The van der Waals surface area contributed by atoms with Crippen LogP contribution in [-0.2, 0) is 16.2 Å². The zero-order chi connectivity index (χ0) is 20.7. The minimum Gasteiger partial charge on any atom is -0.249 e. The summed E-state index contributed by atoms with van der Waals surface area (Å²) in [6, 6.07) is 8.59. The molecule has 5 nitrogen and oxygen atoms in total. The lowest BCUT2D eigenvalue weighted by Gasteiger charge is -2.08. The molecule has 148 valence electrons. The second kappa shape index (κ2) is 7.25. The van der Waals surface area contributed by atoms with Crippen molar-refractivity contribution in [1.29, 1.82) is 0 Å². The van der Waals surface area contributed by atoms with Gasteiger partial charge in [-0.1, -0.05) is 29.5 Å². The van der Waals surface area contributed by atoms with E-state index in [0.717, 1.165) is 33.7 Å². The molecule has 1 aromatic carbocycles. The van der Waals surface area contributed by atoms with Crippen LogP contribution in [0, 0.1) is 20.8 Å². The lowest BCUT2D eigenvalue weighted by molar-refractivity contribution is -0.137. The molecular weight excluding hydrogens is 411 g/mol. The number of hydrogen-bond donors (Lipinski definition) is 0. The smallest absolute Gasteiger partial charge is 0.249 e. The van der Waals surface area contributed by atoms with Crippen LogP contribution in [0.25, 0.3) is 0 Å². The molecule has 0 saturated heterocycles. The number of pyridine rings is 1. The van der Waals surface area contributed by atoms with Gasteiger partial charge in [-0.15, -0.1) is 0 Å². The summed E-state index contributed by atoms with van der Waals surface area (Å²) in [4.78, 5) is 4.45. The Morgan fingerprint density at radius 3 is 2.18 bits per heavy atom. The Morgan fingerprint density at radius 1 is 1.00 bits per heavy atom. The van der Waals surface area contributed by atoms with Gasteiger partial charge in [0.2, 0.25) is 0 Å². The van der Waals surface area contributed by atoms with Crippen molar-refractivity contribution in [3.8, 4) is 0 Å². The van der Waals surface area contributed by atoms with Gasteiger partial charge in [-0.25, -0.2) is 4.98 Å². The number of benzene rings is 1. The summed E-state index contributed by atoms with van der Waals surface area (Å²) < 4.78 is 64.7. The summed E-state index contributed by atoms with van der Waals surface area (Å²) in [6.07, 6.45) is -3.71. The van der Waals surface area contributed by atoms with Crippen LogP contribution in [0.2, 0.25) is 0 Å². The number of halogens is 3. The Hall–Kier alpha value is -2.33. The van der Waals surface area contributed by atoms with Crippen molar-refractivity contribution in [1.82, 2.24) is 14.2 Å². The van der Waals surface area contributed by atoms with Crippen LogP contribution in [0.4, 0.5) is 13.2 Å². The molecule has 0 aliphatic heterocycles. The Kier molecular flexibility index (Phi) is 5.28. The largest absolute Gasteiger partial charge is 0.417 e. The Bertz CT molecular complexity index is 1100. The van der Waals surface area contributed by atoms with Crippen LogP contribution in [-0.4, -0.2) is 22.6 Å². The van der Waals surface area contributed by atoms with E-state index < -0.39 is 21.8 Å². The zero-order valence-electron chi connectivity index (χ0n) is 15.1. The number of hydrogen-bond acceptors (Lipinski definition) is 5. The van der Waals surface area contributed by atoms with Gasteiger partial charge in [0.1, 0.15) is 5.03 Å². The molecule has 0 radical (unpaired) electrons. The zero-order valence-corrected chi connectivity index (χ0v) is 16.8. The minimum absolute atomic E-state index is 0.105. The van der Waals surface area contributed by atoms with E-state index in [1.807, 2.05) is 6.92 Å². The van der Waals surface area contributed by atoms with E-state index in [1.54, 1.807) is 26.0 Å². The third-order valence-electron chi connectivity index (χ3n) is 4.00. The van der Waals surface area contributed by atoms with E-state index in [1.165, 1.54) is 18.2 Å². The fourth-order valence-corrected chi connectivity index (χ4v) is 4.80. The monoisotopic (exact) mass is 427 g/mol. The van der Waals surface area contributed by atoms with Crippen molar-refractivity contribution in [3.63, 3.8) is 0 Å². The first-order valence-corrected chi connectivity index (χ1v) is 10.4. The molecule has 2 heterocycles. The van der Waals surface area contributed by atoms with Crippen molar-refractivity contribution < 1.29 is 21.6 Å². The molecule has 0 N–H and O–H groups in total. The van der Waals surface area contributed by atoms with Gasteiger partial charge in [-0.2, -0.15) is 30.8 Å². The molecule has 0 atom stereocenters. The lowest BCUT2D eigenvalue weighted by atomic mass is 10.2. The summed E-state index contributed by atoms with van der Waals surface area (Å²) in [7, 11) is -3.88. The van der Waals surface area contributed by atoms with Crippen LogP contribution >= 0.6 is 11.8 Å². The molecule has 0 spiro atoms. The Balaban J connectivity index is 1.95. The maximum Gasteiger partial charge on any atom is 0.417 e. The third-order valence-corrected chi connectivity index (χ3v) is 6.93. The fraction of sp³-hybridized carbons (Fsp3) is 0.222. The Morgan fingerprint density at radius 2 is 1.64 bits per heavy atom. The molecule has 3 aromatic rings. The average Bonchev–Trinajstić information content (AvgIpc) is 2.91. The van der Waals surface area contributed by atoms with Gasteiger partial charge in [-0.3, -0.25) is 0 Å². The van der Waals surface area contributed by atoms with Crippen molar-refractivity contribution in [2.45, 2.75) is 41.8 Å². The molecule has 0 aliphatic rings. The quantitative estimate of drug-likeness (QED) is 0.608. The van der Waals surface area contributed by atoms with Crippen LogP contribution in [0.15, 0.2) is 57.4 Å². The number of nitrogens with zero attached hydrogens (tertiary/aromatic N) is 3. The highest BCUT2D eigenvalue weighted by Gasteiger charge is 2.31. The fourth-order valence-electron chi connectivity index (χ4n) is 2.51. The van der Waals surface area contributed by atoms with E-state index in [0.29, 0.717) is 21.3 Å². The van der Waals surface area contributed by atoms with Crippen molar-refractivity contribution >= 4 is 21.8 Å². The molecule has 0 bridgehead atoms. The molecule has 0 unspecified atom stereocenters. The van der Waals surface area contributed by atoms with Gasteiger partial charge in [-0.05, 0) is 45.0 Å². The summed E-state index contributed by atoms with van der Waals surface area (Å²) in [5.41, 5.74) is 0.893. The molecule has 0 fully saturated rings. The van der Waals surface area contributed by atoms with E-state index in [4.69, 9.17) is 0 Å². The van der Waals surface area contributed by atoms with Gasteiger partial charge in [0, 0.05) is 6.20 Å². The van der Waals surface area contributed by atoms with Gasteiger partial charge in [0.25, 0.3) is 10.0 Å². The standard InChI is InChI=1S/C18H16F3N3O2S2/c1-11-4-7-15(8-5-11)28(25,26)24-13(3)17(12(2)23-24)27-16-9-6-14(10-22-16)18(19,20)21/h4-10H,1-3H3. The van der Waals surface area contributed by atoms with E-state index in [-0.39, 0.29) is 4.90 Å². The molecule has 0 saturated carbocycles. The molecule has 0 amide bonds. The Labute approximate surface area is 164 Å². The van der Waals surface area contributed by atoms with Crippen LogP contribution in [0.3, 0.4) is 0 Å². The van der Waals surface area contributed by atoms with Gasteiger partial charge in [0.15, 0.2) is 0 Å². The van der Waals surface area contributed by atoms with E-state index >= 15 is 0 Å². The van der Waals surface area contributed by atoms with Gasteiger partial charge >= 0.3 is 6.18 Å². The van der Waals surface area contributed by atoms with Crippen LogP contribution < -0.4 is 0 Å². The topological polar surface area (TPSA) is 64.8 Å². The molecular formula is C18H16F3N3O2S2. The van der Waals surface area contributed by atoms with Crippen molar-refractivity contribution in [2.24, 2.45) is 0 Å². The maximum absolute atomic E-state index is 12.9. The van der Waals surface area contributed by atoms with Crippen molar-refractivity contribution in [2.75, 3.05) is 0 Å². The normalized spacial score (nSPS) is 12.4. The van der Waals surface area contributed by atoms with E-state index in [2.05, 4.69) is 10.1 Å². The van der Waals surface area contributed by atoms with Gasteiger partial charge < -0.3 is 0 Å². The first-order valence-electron chi connectivity index (χ1n) is 8.09. The van der Waals surface area contributed by atoms with Gasteiger partial charge in [0.05, 0.1) is 26.7 Å². The lowest BCUT2D eigenvalue weighted by Crippen LogP contribution is -2.16. The third kappa shape index (κ3) is 3.93.